The van der Waals surface area contributed by atoms with Gasteiger partial charge in [-0.2, -0.15) is 0 Å². The molecule has 0 amide bonds. The van der Waals surface area contributed by atoms with E-state index >= 15 is 0 Å². The van der Waals surface area contributed by atoms with Crippen LogP contribution in [0.5, 0.6) is 0 Å². The van der Waals surface area contributed by atoms with Gasteiger partial charge in [0.1, 0.15) is 0 Å². The molecular formula is C18H22O8. The Kier molecular flexibility index (Phi) is 6.33. The van der Waals surface area contributed by atoms with E-state index in [1.54, 1.807) is 24.3 Å². The van der Waals surface area contributed by atoms with Crippen molar-refractivity contribution in [3.8, 4) is 0 Å². The van der Waals surface area contributed by atoms with E-state index in [4.69, 9.17) is 18.9 Å². The highest BCUT2D eigenvalue weighted by molar-refractivity contribution is 5.68. The van der Waals surface area contributed by atoms with Gasteiger partial charge in [-0.1, -0.05) is 30.3 Å². The fourth-order valence-electron chi connectivity index (χ4n) is 2.88. The Morgan fingerprint density at radius 1 is 1.04 bits per heavy atom. The first-order valence-electron chi connectivity index (χ1n) is 8.13. The Morgan fingerprint density at radius 2 is 1.62 bits per heavy atom. The minimum absolute atomic E-state index is 0.0175. The molecule has 1 heterocycles. The van der Waals surface area contributed by atoms with Gasteiger partial charge in [0.05, 0.1) is 6.61 Å². The van der Waals surface area contributed by atoms with E-state index in [1.807, 2.05) is 6.07 Å². The fraction of sp³-hybridized carbons (Fsp3) is 0.500. The maximum absolute atomic E-state index is 11.6. The van der Waals surface area contributed by atoms with E-state index in [9.17, 15) is 19.5 Å². The van der Waals surface area contributed by atoms with Crippen molar-refractivity contribution in [2.24, 2.45) is 0 Å². The van der Waals surface area contributed by atoms with E-state index in [2.05, 4.69) is 0 Å². The van der Waals surface area contributed by atoms with Gasteiger partial charge in [0.25, 0.3) is 0 Å². The summed E-state index contributed by atoms with van der Waals surface area (Å²) in [6.07, 6.45) is -3.61. The molecule has 1 aromatic carbocycles. The number of hydrogen-bond acceptors (Lipinski definition) is 8. The Hall–Kier alpha value is -2.45. The lowest BCUT2D eigenvalue weighted by molar-refractivity contribution is -0.325. The van der Waals surface area contributed by atoms with Crippen molar-refractivity contribution in [2.75, 3.05) is 6.61 Å². The topological polar surface area (TPSA) is 108 Å². The number of carbonyl (C=O) groups excluding carboxylic acids is 3. The lowest BCUT2D eigenvalue weighted by Gasteiger charge is -2.45. The third-order valence-corrected chi connectivity index (χ3v) is 3.82. The van der Waals surface area contributed by atoms with Crippen LogP contribution >= 0.6 is 0 Å². The fourth-order valence-corrected chi connectivity index (χ4v) is 2.88. The number of esters is 3. The molecule has 26 heavy (non-hydrogen) atoms. The van der Waals surface area contributed by atoms with Crippen LogP contribution in [-0.4, -0.2) is 53.7 Å². The van der Waals surface area contributed by atoms with Gasteiger partial charge in [0.2, 0.25) is 5.79 Å². The van der Waals surface area contributed by atoms with Crippen LogP contribution in [0.25, 0.3) is 0 Å². The molecule has 142 valence electrons. The van der Waals surface area contributed by atoms with E-state index in [-0.39, 0.29) is 13.0 Å². The first kappa shape index (κ1) is 19.9. The van der Waals surface area contributed by atoms with Crippen LogP contribution in [-0.2, 0) is 39.8 Å². The second-order valence-corrected chi connectivity index (χ2v) is 6.07. The van der Waals surface area contributed by atoms with E-state index in [0.29, 0.717) is 0 Å². The zero-order valence-corrected chi connectivity index (χ0v) is 14.8. The number of rotatable bonds is 5. The maximum atomic E-state index is 11.6. The highest BCUT2D eigenvalue weighted by Crippen LogP contribution is 2.33. The average Bonchev–Trinajstić information content (AvgIpc) is 2.54. The summed E-state index contributed by atoms with van der Waals surface area (Å²) in [4.78, 5) is 34.4. The number of benzene rings is 1. The van der Waals surface area contributed by atoms with Crippen LogP contribution in [0.4, 0.5) is 0 Å². The quantitative estimate of drug-likeness (QED) is 0.600. The lowest BCUT2D eigenvalue weighted by atomic mass is 9.91. The first-order valence-corrected chi connectivity index (χ1v) is 8.13. The molecule has 0 radical (unpaired) electrons. The molecule has 0 unspecified atom stereocenters. The molecule has 0 spiro atoms. The van der Waals surface area contributed by atoms with Gasteiger partial charge in [-0.15, -0.1) is 0 Å². The minimum Gasteiger partial charge on any atom is -0.456 e. The highest BCUT2D eigenvalue weighted by atomic mass is 16.7. The van der Waals surface area contributed by atoms with Crippen molar-refractivity contribution in [1.82, 2.24) is 0 Å². The van der Waals surface area contributed by atoms with Gasteiger partial charge in [-0.05, 0) is 5.56 Å². The SMILES string of the molecule is CC(=O)O[C@@H]1[C@@H](OC(C)=O)[C@@](O)(Cc2ccccc2)OC[C@H]1OC(C)=O. The molecule has 0 saturated carbocycles. The standard InChI is InChI=1S/C18H22O8/c1-11(19)24-15-10-23-18(22,9-14-7-5-4-6-8-14)17(26-13(3)21)16(15)25-12(2)20/h4-8,15-17,22H,9-10H2,1-3H3/t15-,16+,17-,18-/m1/s1. The Morgan fingerprint density at radius 3 is 2.15 bits per heavy atom. The van der Waals surface area contributed by atoms with Gasteiger partial charge in [0, 0.05) is 27.2 Å². The summed E-state index contributed by atoms with van der Waals surface area (Å²) < 4.78 is 21.1. The summed E-state index contributed by atoms with van der Waals surface area (Å²) in [5.41, 5.74) is 0.722. The molecule has 0 aliphatic carbocycles. The third kappa shape index (κ3) is 5.03. The van der Waals surface area contributed by atoms with Crippen molar-refractivity contribution in [2.45, 2.75) is 51.3 Å². The molecule has 1 fully saturated rings. The van der Waals surface area contributed by atoms with Gasteiger partial charge >= 0.3 is 17.9 Å². The van der Waals surface area contributed by atoms with Crippen molar-refractivity contribution in [3.63, 3.8) is 0 Å². The van der Waals surface area contributed by atoms with Crippen molar-refractivity contribution in [1.29, 1.82) is 0 Å². The van der Waals surface area contributed by atoms with Crippen molar-refractivity contribution in [3.05, 3.63) is 35.9 Å². The second-order valence-electron chi connectivity index (χ2n) is 6.07. The van der Waals surface area contributed by atoms with E-state index in [1.165, 1.54) is 13.8 Å². The highest BCUT2D eigenvalue weighted by Gasteiger charge is 2.55. The van der Waals surface area contributed by atoms with Gasteiger partial charge in [-0.25, -0.2) is 0 Å². The van der Waals surface area contributed by atoms with E-state index in [0.717, 1.165) is 12.5 Å². The summed E-state index contributed by atoms with van der Waals surface area (Å²) in [5, 5.41) is 11.0. The number of hydrogen-bond donors (Lipinski definition) is 1. The summed E-state index contributed by atoms with van der Waals surface area (Å²) in [6, 6.07) is 8.93. The van der Waals surface area contributed by atoms with Gasteiger partial charge in [-0.3, -0.25) is 14.4 Å². The Balaban J connectivity index is 2.36. The molecule has 1 saturated heterocycles. The molecule has 0 aromatic heterocycles. The minimum atomic E-state index is -1.95. The van der Waals surface area contributed by atoms with Crippen LogP contribution in [0.3, 0.4) is 0 Å². The molecule has 8 heteroatoms. The first-order chi connectivity index (χ1) is 12.2. The third-order valence-electron chi connectivity index (χ3n) is 3.82. The van der Waals surface area contributed by atoms with Crippen LogP contribution in [0.1, 0.15) is 26.3 Å². The van der Waals surface area contributed by atoms with Crippen molar-refractivity contribution >= 4 is 17.9 Å². The average molecular weight is 366 g/mol. The Labute approximate surface area is 151 Å². The summed E-state index contributed by atoms with van der Waals surface area (Å²) in [5.74, 6) is -3.95. The molecular weight excluding hydrogens is 344 g/mol. The molecule has 1 aliphatic rings. The summed E-state index contributed by atoms with van der Waals surface area (Å²) in [7, 11) is 0. The monoisotopic (exact) mass is 366 g/mol. The second kappa shape index (κ2) is 8.29. The molecule has 2 rings (SSSR count). The molecule has 1 aliphatic heterocycles. The number of ether oxygens (including phenoxy) is 4. The normalized spacial score (nSPS) is 28.1. The van der Waals surface area contributed by atoms with Crippen LogP contribution < -0.4 is 0 Å². The number of aliphatic hydroxyl groups is 1. The zero-order valence-electron chi connectivity index (χ0n) is 14.8. The Bertz CT molecular complexity index is 658. The lowest BCUT2D eigenvalue weighted by Crippen LogP contribution is -2.64. The molecule has 0 bridgehead atoms. The largest absolute Gasteiger partial charge is 0.456 e. The zero-order chi connectivity index (χ0) is 19.3. The van der Waals surface area contributed by atoms with Gasteiger partial charge in [0.15, 0.2) is 18.3 Å². The van der Waals surface area contributed by atoms with Crippen LogP contribution in [0.15, 0.2) is 30.3 Å². The molecule has 1 N–H and O–H groups in total. The predicted octanol–water partition coefficient (Wildman–Crippen LogP) is 0.743. The van der Waals surface area contributed by atoms with E-state index < -0.39 is 42.0 Å². The number of carbonyl (C=O) groups is 3. The maximum Gasteiger partial charge on any atom is 0.303 e. The molecule has 8 nitrogen and oxygen atoms in total. The predicted molar refractivity (Wildman–Crippen MR) is 87.7 cm³/mol. The molecule has 4 atom stereocenters. The summed E-state index contributed by atoms with van der Waals surface area (Å²) in [6.45, 7) is 3.29. The van der Waals surface area contributed by atoms with Gasteiger partial charge < -0.3 is 24.1 Å². The van der Waals surface area contributed by atoms with Crippen LogP contribution in [0, 0.1) is 0 Å². The van der Waals surface area contributed by atoms with Crippen LogP contribution in [0.2, 0.25) is 0 Å². The smallest absolute Gasteiger partial charge is 0.303 e. The molecule has 1 aromatic rings. The van der Waals surface area contributed by atoms with Crippen molar-refractivity contribution < 1.29 is 38.4 Å². The summed E-state index contributed by atoms with van der Waals surface area (Å²) >= 11 is 0.